The number of hydrogen-bond donors (Lipinski definition) is 1. The maximum absolute atomic E-state index is 14.0. The van der Waals surface area contributed by atoms with E-state index in [0.29, 0.717) is 27.0 Å². The van der Waals surface area contributed by atoms with Crippen molar-refractivity contribution in [2.75, 3.05) is 23.5 Å². The zero-order chi connectivity index (χ0) is 23.1. The first-order chi connectivity index (χ1) is 15.2. The average Bonchev–Trinajstić information content (AvgIpc) is 2.93. The number of nitrogens with zero attached hydrogens (tertiary/aromatic N) is 2. The van der Waals surface area contributed by atoms with Gasteiger partial charge in [0.1, 0.15) is 5.54 Å². The third kappa shape index (κ3) is 3.46. The highest BCUT2D eigenvalue weighted by atomic mass is 35.5. The number of methoxy groups -OCH3 is 1. The SMILES string of the molecule is COC[C@@]1(C)N(c2ccc(Cl)cc2)C(=O)N(c2ccc(Cl)cc2)[C@]1(O)c1cccc(C)c1. The molecular weight excluding hydrogens is 447 g/mol. The van der Waals surface area contributed by atoms with E-state index in [1.54, 1.807) is 60.5 Å². The molecule has 2 atom stereocenters. The van der Waals surface area contributed by atoms with E-state index in [9.17, 15) is 9.90 Å². The molecule has 1 aliphatic rings. The van der Waals surface area contributed by atoms with E-state index in [1.807, 2.05) is 38.1 Å². The van der Waals surface area contributed by atoms with Gasteiger partial charge in [-0.1, -0.05) is 53.0 Å². The Kier molecular flexibility index (Phi) is 5.94. The Bertz CT molecular complexity index is 1140. The number of aliphatic hydroxyl groups is 1. The fraction of sp³-hybridized carbons (Fsp3) is 0.240. The Labute approximate surface area is 197 Å². The summed E-state index contributed by atoms with van der Waals surface area (Å²) >= 11 is 12.2. The van der Waals surface area contributed by atoms with Crippen LogP contribution in [0.5, 0.6) is 0 Å². The summed E-state index contributed by atoms with van der Waals surface area (Å²) in [5.74, 6) is 0. The summed E-state index contributed by atoms with van der Waals surface area (Å²) in [6, 6.07) is 20.9. The van der Waals surface area contributed by atoms with E-state index < -0.39 is 17.3 Å². The second-order valence-electron chi connectivity index (χ2n) is 8.15. The van der Waals surface area contributed by atoms with Crippen LogP contribution in [0.4, 0.5) is 16.2 Å². The van der Waals surface area contributed by atoms with Crippen LogP contribution in [0.25, 0.3) is 0 Å². The van der Waals surface area contributed by atoms with Gasteiger partial charge >= 0.3 is 6.03 Å². The normalized spacial score (nSPS) is 23.1. The Morgan fingerprint density at radius 1 is 0.906 bits per heavy atom. The molecule has 3 aromatic rings. The van der Waals surface area contributed by atoms with Crippen LogP contribution in [0.15, 0.2) is 72.8 Å². The van der Waals surface area contributed by atoms with Gasteiger partial charge in [-0.15, -0.1) is 0 Å². The minimum atomic E-state index is -1.75. The number of carbonyl (C=O) groups excluding carboxylic acids is 1. The molecule has 7 heteroatoms. The highest BCUT2D eigenvalue weighted by Gasteiger charge is 2.66. The van der Waals surface area contributed by atoms with E-state index >= 15 is 0 Å². The number of ether oxygens (including phenoxy) is 1. The van der Waals surface area contributed by atoms with Crippen LogP contribution in [0.1, 0.15) is 18.1 Å². The molecule has 32 heavy (non-hydrogen) atoms. The number of anilines is 2. The third-order valence-corrected chi connectivity index (χ3v) is 6.47. The molecule has 0 saturated carbocycles. The second-order valence-corrected chi connectivity index (χ2v) is 9.03. The Hall–Kier alpha value is -2.57. The van der Waals surface area contributed by atoms with E-state index in [2.05, 4.69) is 0 Å². The maximum Gasteiger partial charge on any atom is 0.332 e. The largest absolute Gasteiger partial charge is 0.382 e. The van der Waals surface area contributed by atoms with Gasteiger partial charge in [-0.2, -0.15) is 0 Å². The fourth-order valence-corrected chi connectivity index (χ4v) is 4.72. The highest BCUT2D eigenvalue weighted by Crippen LogP contribution is 2.51. The molecule has 1 heterocycles. The van der Waals surface area contributed by atoms with E-state index in [0.717, 1.165) is 5.56 Å². The molecule has 0 aromatic heterocycles. The van der Waals surface area contributed by atoms with Crippen molar-refractivity contribution in [1.29, 1.82) is 0 Å². The maximum atomic E-state index is 14.0. The molecule has 0 radical (unpaired) electrons. The van der Waals surface area contributed by atoms with Crippen LogP contribution in [-0.4, -0.2) is 30.4 Å². The minimum Gasteiger partial charge on any atom is -0.382 e. The van der Waals surface area contributed by atoms with Crippen molar-refractivity contribution in [2.45, 2.75) is 25.1 Å². The van der Waals surface area contributed by atoms with Crippen LogP contribution in [-0.2, 0) is 10.5 Å². The number of amides is 2. The number of rotatable bonds is 5. The van der Waals surface area contributed by atoms with E-state index in [4.69, 9.17) is 27.9 Å². The molecule has 1 fully saturated rings. The van der Waals surface area contributed by atoms with E-state index in [-0.39, 0.29) is 6.61 Å². The summed E-state index contributed by atoms with van der Waals surface area (Å²) in [6.45, 7) is 3.85. The van der Waals surface area contributed by atoms with Crippen molar-refractivity contribution in [3.8, 4) is 0 Å². The lowest BCUT2D eigenvalue weighted by Crippen LogP contribution is -2.60. The smallest absolute Gasteiger partial charge is 0.332 e. The predicted octanol–water partition coefficient (Wildman–Crippen LogP) is 6.00. The van der Waals surface area contributed by atoms with Crippen LogP contribution in [0, 0.1) is 6.92 Å². The molecule has 4 rings (SSSR count). The number of halogens is 2. The van der Waals surface area contributed by atoms with Crippen molar-refractivity contribution in [2.24, 2.45) is 0 Å². The molecule has 0 spiro atoms. The number of carbonyl (C=O) groups is 1. The van der Waals surface area contributed by atoms with Gasteiger partial charge in [0.2, 0.25) is 0 Å². The third-order valence-electron chi connectivity index (χ3n) is 5.97. The minimum absolute atomic E-state index is 0.0793. The number of hydrogen-bond acceptors (Lipinski definition) is 3. The van der Waals surface area contributed by atoms with Gasteiger partial charge in [0, 0.05) is 34.1 Å². The lowest BCUT2D eigenvalue weighted by Gasteiger charge is -2.44. The van der Waals surface area contributed by atoms with Gasteiger partial charge in [0.15, 0.2) is 5.72 Å². The summed E-state index contributed by atoms with van der Waals surface area (Å²) in [4.78, 5) is 17.0. The van der Waals surface area contributed by atoms with Gasteiger partial charge in [0.05, 0.1) is 6.61 Å². The number of urea groups is 1. The van der Waals surface area contributed by atoms with Gasteiger partial charge in [-0.3, -0.25) is 9.80 Å². The highest BCUT2D eigenvalue weighted by molar-refractivity contribution is 6.31. The molecule has 0 unspecified atom stereocenters. The lowest BCUT2D eigenvalue weighted by molar-refractivity contribution is -0.0410. The van der Waals surface area contributed by atoms with Gasteiger partial charge in [-0.25, -0.2) is 4.79 Å². The Morgan fingerprint density at radius 3 is 1.94 bits per heavy atom. The van der Waals surface area contributed by atoms with Gasteiger partial charge in [0.25, 0.3) is 0 Å². The molecule has 2 amide bonds. The average molecular weight is 471 g/mol. The summed E-state index contributed by atoms with van der Waals surface area (Å²) in [5, 5.41) is 13.6. The molecule has 0 aliphatic carbocycles. The molecule has 0 bridgehead atoms. The summed E-state index contributed by atoms with van der Waals surface area (Å²) in [7, 11) is 1.55. The van der Waals surface area contributed by atoms with Crippen molar-refractivity contribution < 1.29 is 14.6 Å². The standard InChI is InChI=1S/C25H24Cl2N2O3/c1-17-5-4-6-18(15-17)25(31)24(2,16-32-3)28(21-11-7-19(26)8-12-21)23(30)29(25)22-13-9-20(27)10-14-22/h4-15,31H,16H2,1-3H3/t24-,25+/m1/s1. The van der Waals surface area contributed by atoms with Crippen LogP contribution < -0.4 is 9.80 Å². The lowest BCUT2D eigenvalue weighted by atomic mass is 9.82. The second kappa shape index (κ2) is 8.41. The van der Waals surface area contributed by atoms with Crippen LogP contribution in [0.2, 0.25) is 10.0 Å². The summed E-state index contributed by atoms with van der Waals surface area (Å²) in [5.41, 5.74) is -0.274. The zero-order valence-corrected chi connectivity index (χ0v) is 19.6. The van der Waals surface area contributed by atoms with E-state index in [1.165, 1.54) is 4.90 Å². The fourth-order valence-electron chi connectivity index (χ4n) is 4.47. The first-order valence-corrected chi connectivity index (χ1v) is 10.9. The molecule has 1 N–H and O–H groups in total. The van der Waals surface area contributed by atoms with Crippen LogP contribution >= 0.6 is 23.2 Å². The number of benzene rings is 3. The molecule has 1 saturated heterocycles. The zero-order valence-electron chi connectivity index (χ0n) is 18.0. The molecular formula is C25H24Cl2N2O3. The quantitative estimate of drug-likeness (QED) is 0.497. The summed E-state index contributed by atoms with van der Waals surface area (Å²) in [6.07, 6.45) is 0. The summed E-state index contributed by atoms with van der Waals surface area (Å²) < 4.78 is 5.58. The van der Waals surface area contributed by atoms with Crippen molar-refractivity contribution in [1.82, 2.24) is 0 Å². The van der Waals surface area contributed by atoms with Crippen molar-refractivity contribution in [3.05, 3.63) is 94.0 Å². The predicted molar refractivity (Wildman–Crippen MR) is 129 cm³/mol. The van der Waals surface area contributed by atoms with Crippen molar-refractivity contribution >= 4 is 40.6 Å². The van der Waals surface area contributed by atoms with Crippen LogP contribution in [0.3, 0.4) is 0 Å². The van der Waals surface area contributed by atoms with Crippen molar-refractivity contribution in [3.63, 3.8) is 0 Å². The van der Waals surface area contributed by atoms with Gasteiger partial charge in [-0.05, 0) is 62.4 Å². The molecule has 5 nitrogen and oxygen atoms in total. The molecule has 1 aliphatic heterocycles. The topological polar surface area (TPSA) is 53.0 Å². The Balaban J connectivity index is 2.01. The Morgan fingerprint density at radius 2 is 1.44 bits per heavy atom. The monoisotopic (exact) mass is 470 g/mol. The number of aryl methyl sites for hydroxylation is 1. The molecule has 166 valence electrons. The van der Waals surface area contributed by atoms with Gasteiger partial charge < -0.3 is 9.84 Å². The first-order valence-electron chi connectivity index (χ1n) is 10.2. The first kappa shape index (κ1) is 22.6. The molecule has 3 aromatic carbocycles.